The van der Waals surface area contributed by atoms with Crippen molar-refractivity contribution in [2.75, 3.05) is 6.54 Å². The first kappa shape index (κ1) is 11.6. The van der Waals surface area contributed by atoms with E-state index in [0.29, 0.717) is 24.5 Å². The maximum Gasteiger partial charge on any atom is 0.273 e. The summed E-state index contributed by atoms with van der Waals surface area (Å²) < 4.78 is 9.56. The van der Waals surface area contributed by atoms with E-state index in [1.807, 2.05) is 13.1 Å². The fraction of sp³-hybridized carbons (Fsp3) is 0.444. The Kier molecular flexibility index (Phi) is 3.43. The number of amides is 1. The van der Waals surface area contributed by atoms with Crippen LogP contribution in [-0.4, -0.2) is 36.2 Å². The Morgan fingerprint density at radius 2 is 2.29 bits per heavy atom. The molecule has 0 bridgehead atoms. The zero-order chi connectivity index (χ0) is 12.3. The van der Waals surface area contributed by atoms with Gasteiger partial charge in [-0.3, -0.25) is 9.48 Å². The topological polar surface area (TPSA) is 85.6 Å². The molecule has 0 saturated heterocycles. The summed E-state index contributed by atoms with van der Waals surface area (Å²) in [6, 6.07) is 0. The zero-order valence-electron chi connectivity index (χ0n) is 9.54. The third kappa shape index (κ3) is 2.84. The van der Waals surface area contributed by atoms with Crippen LogP contribution in [0.4, 0.5) is 0 Å². The molecule has 0 aliphatic rings. The van der Waals surface area contributed by atoms with E-state index in [9.17, 15) is 4.79 Å². The van der Waals surface area contributed by atoms with Crippen molar-refractivity contribution in [2.45, 2.75) is 20.4 Å². The Morgan fingerprint density at radius 1 is 1.47 bits per heavy atom. The Balaban J connectivity index is 1.83. The standard InChI is InChI=1S/C9H12N6OS/c1-6-5-15(14-11-6)4-3-10-9(16)8-7(2)12-17-13-8/h5H,3-4H2,1-2H3,(H,10,16). The Hall–Kier alpha value is -1.83. The highest BCUT2D eigenvalue weighted by molar-refractivity contribution is 6.99. The van der Waals surface area contributed by atoms with E-state index in [4.69, 9.17) is 0 Å². The van der Waals surface area contributed by atoms with Gasteiger partial charge < -0.3 is 5.32 Å². The number of hydrogen-bond donors (Lipinski definition) is 1. The number of aryl methyl sites for hydroxylation is 2. The van der Waals surface area contributed by atoms with Crippen LogP contribution in [0, 0.1) is 13.8 Å². The molecule has 2 heterocycles. The highest BCUT2D eigenvalue weighted by Crippen LogP contribution is 2.03. The minimum Gasteiger partial charge on any atom is -0.349 e. The number of carbonyl (C=O) groups excluding carboxylic acids is 1. The van der Waals surface area contributed by atoms with Gasteiger partial charge in [-0.1, -0.05) is 5.21 Å². The molecule has 0 fully saturated rings. The van der Waals surface area contributed by atoms with Crippen molar-refractivity contribution in [3.8, 4) is 0 Å². The van der Waals surface area contributed by atoms with E-state index in [1.165, 1.54) is 0 Å². The molecule has 0 spiro atoms. The maximum absolute atomic E-state index is 11.7. The Morgan fingerprint density at radius 3 is 2.88 bits per heavy atom. The predicted octanol–water partition coefficient (Wildman–Crippen LogP) is 0.176. The molecule has 0 aromatic carbocycles. The van der Waals surface area contributed by atoms with Crippen LogP contribution in [0.25, 0.3) is 0 Å². The van der Waals surface area contributed by atoms with Crippen LogP contribution in [0.2, 0.25) is 0 Å². The van der Waals surface area contributed by atoms with Gasteiger partial charge in [-0.25, -0.2) is 0 Å². The fourth-order valence-electron chi connectivity index (χ4n) is 1.31. The van der Waals surface area contributed by atoms with Crippen molar-refractivity contribution >= 4 is 17.6 Å². The number of carbonyl (C=O) groups is 1. The summed E-state index contributed by atoms with van der Waals surface area (Å²) in [5.41, 5.74) is 1.91. The smallest absolute Gasteiger partial charge is 0.273 e. The lowest BCUT2D eigenvalue weighted by Gasteiger charge is -2.02. The van der Waals surface area contributed by atoms with E-state index in [-0.39, 0.29) is 5.91 Å². The summed E-state index contributed by atoms with van der Waals surface area (Å²) in [6.07, 6.45) is 1.82. The second-order valence-electron chi connectivity index (χ2n) is 3.58. The van der Waals surface area contributed by atoms with Gasteiger partial charge in [0.25, 0.3) is 5.91 Å². The molecule has 0 unspecified atom stereocenters. The normalized spacial score (nSPS) is 10.5. The van der Waals surface area contributed by atoms with Crippen LogP contribution in [0.15, 0.2) is 6.20 Å². The predicted molar refractivity (Wildman–Crippen MR) is 61.7 cm³/mol. The summed E-state index contributed by atoms with van der Waals surface area (Å²) >= 11 is 1.04. The van der Waals surface area contributed by atoms with Crippen LogP contribution >= 0.6 is 11.7 Å². The van der Waals surface area contributed by atoms with Crippen molar-refractivity contribution in [3.05, 3.63) is 23.3 Å². The summed E-state index contributed by atoms with van der Waals surface area (Å²) in [5.74, 6) is -0.201. The van der Waals surface area contributed by atoms with E-state index < -0.39 is 0 Å². The molecule has 0 saturated carbocycles. The van der Waals surface area contributed by atoms with Gasteiger partial charge in [-0.2, -0.15) is 8.75 Å². The van der Waals surface area contributed by atoms with Crippen LogP contribution in [0.3, 0.4) is 0 Å². The number of nitrogens with zero attached hydrogens (tertiary/aromatic N) is 5. The fourth-order valence-corrected chi connectivity index (χ4v) is 1.86. The molecule has 2 rings (SSSR count). The lowest BCUT2D eigenvalue weighted by atomic mass is 10.3. The van der Waals surface area contributed by atoms with Crippen LogP contribution < -0.4 is 5.32 Å². The summed E-state index contributed by atoms with van der Waals surface area (Å²) in [6.45, 7) is 4.70. The minimum absolute atomic E-state index is 0.201. The van der Waals surface area contributed by atoms with Gasteiger partial charge in [0, 0.05) is 12.7 Å². The molecular weight excluding hydrogens is 240 g/mol. The molecule has 7 nitrogen and oxygen atoms in total. The molecular formula is C9H12N6OS. The highest BCUT2D eigenvalue weighted by Gasteiger charge is 2.12. The average molecular weight is 252 g/mol. The quantitative estimate of drug-likeness (QED) is 0.838. The first-order valence-electron chi connectivity index (χ1n) is 5.11. The molecule has 90 valence electrons. The molecule has 0 aliphatic heterocycles. The summed E-state index contributed by atoms with van der Waals surface area (Å²) in [5, 5.41) is 10.5. The van der Waals surface area contributed by atoms with Crippen molar-refractivity contribution < 1.29 is 4.79 Å². The first-order chi connectivity index (χ1) is 8.16. The lowest BCUT2D eigenvalue weighted by molar-refractivity contribution is 0.0947. The van der Waals surface area contributed by atoms with Gasteiger partial charge in [0.15, 0.2) is 5.69 Å². The van der Waals surface area contributed by atoms with Crippen molar-refractivity contribution in [1.82, 2.24) is 29.1 Å². The van der Waals surface area contributed by atoms with E-state index in [1.54, 1.807) is 11.6 Å². The van der Waals surface area contributed by atoms with Crippen LogP contribution in [0.5, 0.6) is 0 Å². The Labute approximate surface area is 102 Å². The molecule has 0 aliphatic carbocycles. The zero-order valence-corrected chi connectivity index (χ0v) is 10.4. The van der Waals surface area contributed by atoms with E-state index in [0.717, 1.165) is 17.4 Å². The Bertz CT molecular complexity index is 519. The number of nitrogens with one attached hydrogen (secondary N) is 1. The number of rotatable bonds is 4. The van der Waals surface area contributed by atoms with Crippen molar-refractivity contribution in [1.29, 1.82) is 0 Å². The van der Waals surface area contributed by atoms with Crippen molar-refractivity contribution in [2.24, 2.45) is 0 Å². The average Bonchev–Trinajstić information content (AvgIpc) is 2.87. The van der Waals surface area contributed by atoms with Gasteiger partial charge in [-0.05, 0) is 13.8 Å². The van der Waals surface area contributed by atoms with Gasteiger partial charge in [-0.15, -0.1) is 5.10 Å². The summed E-state index contributed by atoms with van der Waals surface area (Å²) in [7, 11) is 0. The maximum atomic E-state index is 11.7. The first-order valence-corrected chi connectivity index (χ1v) is 5.84. The van der Waals surface area contributed by atoms with Crippen molar-refractivity contribution in [3.63, 3.8) is 0 Å². The highest BCUT2D eigenvalue weighted by atomic mass is 32.1. The van der Waals surface area contributed by atoms with Crippen LogP contribution in [0.1, 0.15) is 21.9 Å². The van der Waals surface area contributed by atoms with Gasteiger partial charge in [0.2, 0.25) is 0 Å². The third-order valence-electron chi connectivity index (χ3n) is 2.15. The lowest BCUT2D eigenvalue weighted by Crippen LogP contribution is -2.28. The molecule has 2 aromatic heterocycles. The number of hydrogen-bond acceptors (Lipinski definition) is 6. The largest absolute Gasteiger partial charge is 0.349 e. The second kappa shape index (κ2) is 5.00. The molecule has 8 heteroatoms. The molecule has 1 N–H and O–H groups in total. The SMILES string of the molecule is Cc1cn(CCNC(=O)c2nsnc2C)nn1. The molecule has 0 atom stereocenters. The molecule has 2 aromatic rings. The van der Waals surface area contributed by atoms with Gasteiger partial charge >= 0.3 is 0 Å². The van der Waals surface area contributed by atoms with E-state index >= 15 is 0 Å². The van der Waals surface area contributed by atoms with Gasteiger partial charge in [0.05, 0.1) is 29.7 Å². The molecule has 17 heavy (non-hydrogen) atoms. The third-order valence-corrected chi connectivity index (χ3v) is 2.77. The molecule has 1 amide bonds. The minimum atomic E-state index is -0.201. The number of aromatic nitrogens is 5. The summed E-state index contributed by atoms with van der Waals surface area (Å²) in [4.78, 5) is 11.7. The van der Waals surface area contributed by atoms with Gasteiger partial charge in [0.1, 0.15) is 0 Å². The van der Waals surface area contributed by atoms with E-state index in [2.05, 4.69) is 24.4 Å². The molecule has 0 radical (unpaired) electrons. The monoisotopic (exact) mass is 252 g/mol. The second-order valence-corrected chi connectivity index (χ2v) is 4.11. The van der Waals surface area contributed by atoms with Crippen LogP contribution in [-0.2, 0) is 6.54 Å².